The number of fused-ring (bicyclic) bond motifs is 4. The first-order valence-corrected chi connectivity index (χ1v) is 9.96. The minimum Gasteiger partial charge on any atom is -0.491 e. The van der Waals surface area contributed by atoms with E-state index in [2.05, 4.69) is 11.0 Å². The maximum absolute atomic E-state index is 12.9. The molecule has 3 fully saturated rings. The Kier molecular flexibility index (Phi) is 5.24. The molecule has 0 aromatic heterocycles. The SMILES string of the molecule is COCCOc1ccc2c(c1C)C(C(=O)OCC13CCN(CC1)CC3)=CC2. The van der Waals surface area contributed by atoms with Crippen LogP contribution in [0, 0.1) is 12.3 Å². The van der Waals surface area contributed by atoms with Crippen LogP contribution in [0.3, 0.4) is 0 Å². The fourth-order valence-electron chi connectivity index (χ4n) is 4.59. The van der Waals surface area contributed by atoms with E-state index < -0.39 is 0 Å². The number of hydrogen-bond donors (Lipinski definition) is 0. The van der Waals surface area contributed by atoms with Gasteiger partial charge in [0.15, 0.2) is 0 Å². The lowest BCUT2D eigenvalue weighted by atomic mass is 9.73. The smallest absolute Gasteiger partial charge is 0.338 e. The van der Waals surface area contributed by atoms with Gasteiger partial charge in [-0.05, 0) is 75.0 Å². The molecule has 0 radical (unpaired) electrons. The zero-order chi connectivity index (χ0) is 18.9. The van der Waals surface area contributed by atoms with Crippen molar-refractivity contribution in [3.8, 4) is 5.75 Å². The third-order valence-electron chi connectivity index (χ3n) is 6.45. The number of allylic oxidation sites excluding steroid dienone is 1. The molecule has 146 valence electrons. The van der Waals surface area contributed by atoms with Crippen LogP contribution in [0.5, 0.6) is 5.75 Å². The van der Waals surface area contributed by atoms with Gasteiger partial charge in [-0.25, -0.2) is 4.79 Å². The zero-order valence-corrected chi connectivity index (χ0v) is 16.4. The van der Waals surface area contributed by atoms with Crippen LogP contribution in [-0.4, -0.2) is 57.4 Å². The summed E-state index contributed by atoms with van der Waals surface area (Å²) in [7, 11) is 1.66. The van der Waals surface area contributed by atoms with Crippen molar-refractivity contribution in [3.63, 3.8) is 0 Å². The predicted molar refractivity (Wildman–Crippen MR) is 104 cm³/mol. The lowest BCUT2D eigenvalue weighted by molar-refractivity contribution is -0.143. The molecular weight excluding hydrogens is 342 g/mol. The first-order valence-electron chi connectivity index (χ1n) is 9.96. The summed E-state index contributed by atoms with van der Waals surface area (Å²) in [6.07, 6.45) is 6.21. The highest BCUT2D eigenvalue weighted by molar-refractivity contribution is 6.18. The number of rotatable bonds is 7. The fraction of sp³-hybridized carbons (Fsp3) is 0.591. The van der Waals surface area contributed by atoms with E-state index in [1.165, 1.54) is 5.56 Å². The Morgan fingerprint density at radius 2 is 1.89 bits per heavy atom. The standard InChI is InChI=1S/C22H29NO4/c1-16-19(26-14-13-25-2)6-4-17-3-5-18(20(16)17)21(24)27-15-22-7-10-23(11-8-22)12-9-22/h4-6H,3,7-15H2,1-2H3. The fourth-order valence-corrected chi connectivity index (χ4v) is 4.59. The molecule has 2 bridgehead atoms. The summed E-state index contributed by atoms with van der Waals surface area (Å²) in [5.41, 5.74) is 4.07. The first-order chi connectivity index (χ1) is 13.1. The summed E-state index contributed by atoms with van der Waals surface area (Å²) in [6.45, 7) is 7.04. The number of ether oxygens (including phenoxy) is 3. The lowest BCUT2D eigenvalue weighted by Crippen LogP contribution is -2.50. The van der Waals surface area contributed by atoms with Gasteiger partial charge >= 0.3 is 5.97 Å². The summed E-state index contributed by atoms with van der Waals surface area (Å²) in [5, 5.41) is 0. The molecule has 1 aromatic carbocycles. The average Bonchev–Trinajstić information content (AvgIpc) is 3.15. The predicted octanol–water partition coefficient (Wildman–Crippen LogP) is 2.99. The van der Waals surface area contributed by atoms with Crippen molar-refractivity contribution < 1.29 is 19.0 Å². The van der Waals surface area contributed by atoms with Crippen molar-refractivity contribution in [2.24, 2.45) is 5.41 Å². The van der Waals surface area contributed by atoms with Crippen LogP contribution in [0.1, 0.15) is 36.0 Å². The molecule has 3 aliphatic heterocycles. The Labute approximate surface area is 161 Å². The lowest BCUT2D eigenvalue weighted by Gasteiger charge is -2.47. The molecule has 27 heavy (non-hydrogen) atoms. The molecule has 4 aliphatic rings. The molecule has 5 nitrogen and oxygen atoms in total. The van der Waals surface area contributed by atoms with E-state index in [1.54, 1.807) is 7.11 Å². The Bertz CT molecular complexity index is 733. The molecule has 0 N–H and O–H groups in total. The van der Waals surface area contributed by atoms with Gasteiger partial charge in [0.2, 0.25) is 0 Å². The molecule has 1 aliphatic carbocycles. The highest BCUT2D eigenvalue weighted by Crippen LogP contribution is 2.41. The largest absolute Gasteiger partial charge is 0.491 e. The maximum Gasteiger partial charge on any atom is 0.338 e. The molecule has 0 atom stereocenters. The van der Waals surface area contributed by atoms with Crippen molar-refractivity contribution in [2.75, 3.05) is 46.6 Å². The molecule has 3 heterocycles. The first kappa shape index (κ1) is 18.5. The average molecular weight is 371 g/mol. The second-order valence-corrected chi connectivity index (χ2v) is 8.05. The minimum atomic E-state index is -0.187. The quantitative estimate of drug-likeness (QED) is 0.545. The van der Waals surface area contributed by atoms with Crippen LogP contribution >= 0.6 is 0 Å². The Morgan fingerprint density at radius 3 is 2.59 bits per heavy atom. The van der Waals surface area contributed by atoms with Crippen LogP contribution in [0.15, 0.2) is 18.2 Å². The number of piperidine rings is 3. The number of benzene rings is 1. The van der Waals surface area contributed by atoms with E-state index in [-0.39, 0.29) is 11.4 Å². The highest BCUT2D eigenvalue weighted by atomic mass is 16.5. The Hall–Kier alpha value is -1.85. The van der Waals surface area contributed by atoms with Gasteiger partial charge in [0.1, 0.15) is 12.4 Å². The second kappa shape index (κ2) is 7.64. The van der Waals surface area contributed by atoms with Crippen LogP contribution in [-0.2, 0) is 20.7 Å². The van der Waals surface area contributed by atoms with Crippen LogP contribution in [0.4, 0.5) is 0 Å². The van der Waals surface area contributed by atoms with Crippen LogP contribution < -0.4 is 4.74 Å². The van der Waals surface area contributed by atoms with E-state index >= 15 is 0 Å². The van der Waals surface area contributed by atoms with E-state index in [0.29, 0.717) is 25.4 Å². The van der Waals surface area contributed by atoms with Crippen LogP contribution in [0.2, 0.25) is 0 Å². The third kappa shape index (κ3) is 3.63. The molecule has 0 spiro atoms. The van der Waals surface area contributed by atoms with Crippen molar-refractivity contribution >= 4 is 11.5 Å². The van der Waals surface area contributed by atoms with Gasteiger partial charge in [0.25, 0.3) is 0 Å². The van der Waals surface area contributed by atoms with Gasteiger partial charge in [-0.3, -0.25) is 0 Å². The van der Waals surface area contributed by atoms with Gasteiger partial charge in [0.05, 0.1) is 18.8 Å². The van der Waals surface area contributed by atoms with E-state index in [1.807, 2.05) is 19.1 Å². The van der Waals surface area contributed by atoms with E-state index in [4.69, 9.17) is 14.2 Å². The van der Waals surface area contributed by atoms with Crippen molar-refractivity contribution in [1.82, 2.24) is 4.90 Å². The summed E-state index contributed by atoms with van der Waals surface area (Å²) in [6, 6.07) is 4.04. The van der Waals surface area contributed by atoms with Crippen LogP contribution in [0.25, 0.3) is 5.57 Å². The molecule has 5 heteroatoms. The monoisotopic (exact) mass is 371 g/mol. The summed E-state index contributed by atoms with van der Waals surface area (Å²) < 4.78 is 16.7. The molecule has 3 saturated heterocycles. The highest BCUT2D eigenvalue weighted by Gasteiger charge is 2.40. The molecule has 0 amide bonds. The molecule has 0 saturated carbocycles. The van der Waals surface area contributed by atoms with Crippen molar-refractivity contribution in [2.45, 2.75) is 32.6 Å². The number of carbonyl (C=O) groups excluding carboxylic acids is 1. The molecule has 5 rings (SSSR count). The third-order valence-corrected chi connectivity index (χ3v) is 6.45. The van der Waals surface area contributed by atoms with Gasteiger partial charge in [-0.2, -0.15) is 0 Å². The Morgan fingerprint density at radius 1 is 1.15 bits per heavy atom. The van der Waals surface area contributed by atoms with E-state index in [0.717, 1.165) is 62.2 Å². The van der Waals surface area contributed by atoms with Gasteiger partial charge in [0, 0.05) is 12.5 Å². The normalized spacial score (nSPS) is 25.9. The zero-order valence-electron chi connectivity index (χ0n) is 16.4. The van der Waals surface area contributed by atoms with Crippen molar-refractivity contribution in [3.05, 3.63) is 34.9 Å². The number of hydrogen-bond acceptors (Lipinski definition) is 5. The second-order valence-electron chi connectivity index (χ2n) is 8.05. The number of carbonyl (C=O) groups is 1. The topological polar surface area (TPSA) is 48.0 Å². The van der Waals surface area contributed by atoms with E-state index in [9.17, 15) is 4.79 Å². The summed E-state index contributed by atoms with van der Waals surface area (Å²) in [4.78, 5) is 15.4. The van der Waals surface area contributed by atoms with Gasteiger partial charge < -0.3 is 19.1 Å². The maximum atomic E-state index is 12.9. The van der Waals surface area contributed by atoms with Gasteiger partial charge in [-0.1, -0.05) is 12.1 Å². The summed E-state index contributed by atoms with van der Waals surface area (Å²) in [5.74, 6) is 0.623. The molecule has 1 aromatic rings. The number of nitrogens with zero attached hydrogens (tertiary/aromatic N) is 1. The number of methoxy groups -OCH3 is 1. The molecular formula is C22H29NO4. The minimum absolute atomic E-state index is 0.187. The van der Waals surface area contributed by atoms with Crippen molar-refractivity contribution in [1.29, 1.82) is 0 Å². The summed E-state index contributed by atoms with van der Waals surface area (Å²) >= 11 is 0. The number of esters is 1. The van der Waals surface area contributed by atoms with Gasteiger partial charge in [-0.15, -0.1) is 0 Å². The molecule has 0 unspecified atom stereocenters. The Balaban J connectivity index is 1.44.